The van der Waals surface area contributed by atoms with Crippen LogP contribution < -0.4 is 20.3 Å². The second kappa shape index (κ2) is 7.38. The first-order valence-corrected chi connectivity index (χ1v) is 8.20. The van der Waals surface area contributed by atoms with E-state index in [9.17, 15) is 9.59 Å². The van der Waals surface area contributed by atoms with Gasteiger partial charge in [-0.25, -0.2) is 4.98 Å². The number of aromatic nitrogens is 2. The van der Waals surface area contributed by atoms with Crippen LogP contribution >= 0.6 is 0 Å². The molecule has 1 atom stereocenters. The van der Waals surface area contributed by atoms with Gasteiger partial charge >= 0.3 is 0 Å². The SMILES string of the molecule is COc1cccc2c1OC[C@H](C(=O)NCCc1nc(C)cc(=O)[nH]1)C2. The highest BCUT2D eigenvalue weighted by Crippen LogP contribution is 2.35. The number of carbonyl (C=O) groups excluding carboxylic acids is 1. The highest BCUT2D eigenvalue weighted by molar-refractivity contribution is 5.79. The van der Waals surface area contributed by atoms with E-state index in [-0.39, 0.29) is 17.4 Å². The number of nitrogens with zero attached hydrogens (tertiary/aromatic N) is 1. The Hall–Kier alpha value is -2.83. The van der Waals surface area contributed by atoms with E-state index in [2.05, 4.69) is 15.3 Å². The Bertz CT molecular complexity index is 831. The molecule has 25 heavy (non-hydrogen) atoms. The number of aromatic amines is 1. The van der Waals surface area contributed by atoms with Crippen molar-refractivity contribution in [1.29, 1.82) is 0 Å². The highest BCUT2D eigenvalue weighted by atomic mass is 16.5. The first-order chi connectivity index (χ1) is 12.1. The molecule has 0 spiro atoms. The second-order valence-corrected chi connectivity index (χ2v) is 6.04. The van der Waals surface area contributed by atoms with E-state index in [1.807, 2.05) is 18.2 Å². The van der Waals surface area contributed by atoms with Crippen molar-refractivity contribution in [2.45, 2.75) is 19.8 Å². The van der Waals surface area contributed by atoms with E-state index in [0.29, 0.717) is 43.3 Å². The lowest BCUT2D eigenvalue weighted by Crippen LogP contribution is -2.38. The van der Waals surface area contributed by atoms with E-state index >= 15 is 0 Å². The maximum absolute atomic E-state index is 12.4. The average Bonchev–Trinajstić information content (AvgIpc) is 2.59. The maximum Gasteiger partial charge on any atom is 0.251 e. The zero-order valence-electron chi connectivity index (χ0n) is 14.3. The number of methoxy groups -OCH3 is 1. The van der Waals surface area contributed by atoms with Crippen molar-refractivity contribution in [3.05, 3.63) is 51.7 Å². The quantitative estimate of drug-likeness (QED) is 0.845. The molecule has 132 valence electrons. The van der Waals surface area contributed by atoms with Crippen LogP contribution in [0.3, 0.4) is 0 Å². The van der Waals surface area contributed by atoms with Crippen LogP contribution in [0.2, 0.25) is 0 Å². The fourth-order valence-corrected chi connectivity index (χ4v) is 2.93. The zero-order valence-corrected chi connectivity index (χ0v) is 14.3. The van der Waals surface area contributed by atoms with Crippen LogP contribution in [0, 0.1) is 12.8 Å². The molecule has 0 bridgehead atoms. The Labute approximate surface area is 145 Å². The Morgan fingerprint density at radius 2 is 2.32 bits per heavy atom. The van der Waals surface area contributed by atoms with Crippen molar-refractivity contribution >= 4 is 5.91 Å². The largest absolute Gasteiger partial charge is 0.493 e. The van der Waals surface area contributed by atoms with Crippen molar-refractivity contribution in [3.63, 3.8) is 0 Å². The van der Waals surface area contributed by atoms with Crippen LogP contribution in [0.25, 0.3) is 0 Å². The molecule has 2 aromatic rings. The maximum atomic E-state index is 12.4. The van der Waals surface area contributed by atoms with Gasteiger partial charge in [-0.3, -0.25) is 9.59 Å². The van der Waals surface area contributed by atoms with Gasteiger partial charge in [-0.15, -0.1) is 0 Å². The fourth-order valence-electron chi connectivity index (χ4n) is 2.93. The highest BCUT2D eigenvalue weighted by Gasteiger charge is 2.27. The van der Waals surface area contributed by atoms with Crippen molar-refractivity contribution < 1.29 is 14.3 Å². The number of benzene rings is 1. The molecule has 0 saturated heterocycles. The van der Waals surface area contributed by atoms with Crippen LogP contribution in [-0.4, -0.2) is 36.1 Å². The molecule has 0 unspecified atom stereocenters. The van der Waals surface area contributed by atoms with E-state index < -0.39 is 0 Å². The van der Waals surface area contributed by atoms with Gasteiger partial charge in [0.05, 0.1) is 13.0 Å². The van der Waals surface area contributed by atoms with Gasteiger partial charge in [0, 0.05) is 24.7 Å². The number of para-hydroxylation sites is 1. The number of hydrogen-bond donors (Lipinski definition) is 2. The fraction of sp³-hybridized carbons (Fsp3) is 0.389. The lowest BCUT2D eigenvalue weighted by molar-refractivity contribution is -0.126. The molecule has 2 heterocycles. The van der Waals surface area contributed by atoms with Crippen LogP contribution in [0.1, 0.15) is 17.1 Å². The van der Waals surface area contributed by atoms with Crippen molar-refractivity contribution in [1.82, 2.24) is 15.3 Å². The lowest BCUT2D eigenvalue weighted by atomic mass is 9.95. The van der Waals surface area contributed by atoms with Gasteiger partial charge < -0.3 is 19.8 Å². The third-order valence-corrected chi connectivity index (χ3v) is 4.13. The minimum Gasteiger partial charge on any atom is -0.493 e. The van der Waals surface area contributed by atoms with Crippen molar-refractivity contribution in [2.24, 2.45) is 5.92 Å². The molecule has 1 aromatic carbocycles. The monoisotopic (exact) mass is 343 g/mol. The summed E-state index contributed by atoms with van der Waals surface area (Å²) in [6, 6.07) is 7.11. The number of H-pyrrole nitrogens is 1. The molecule has 1 aliphatic heterocycles. The first kappa shape index (κ1) is 17.0. The Morgan fingerprint density at radius 1 is 1.48 bits per heavy atom. The predicted molar refractivity (Wildman–Crippen MR) is 92.0 cm³/mol. The van der Waals surface area contributed by atoms with Crippen molar-refractivity contribution in [2.75, 3.05) is 20.3 Å². The normalized spacial score (nSPS) is 15.8. The van der Waals surface area contributed by atoms with Crippen LogP contribution in [-0.2, 0) is 17.6 Å². The number of carbonyl (C=O) groups is 1. The summed E-state index contributed by atoms with van der Waals surface area (Å²) in [4.78, 5) is 30.7. The molecule has 2 N–H and O–H groups in total. The molecule has 7 heteroatoms. The van der Waals surface area contributed by atoms with Crippen LogP contribution in [0.5, 0.6) is 11.5 Å². The topological polar surface area (TPSA) is 93.3 Å². The van der Waals surface area contributed by atoms with Gasteiger partial charge in [0.15, 0.2) is 11.5 Å². The van der Waals surface area contributed by atoms with Gasteiger partial charge in [-0.2, -0.15) is 0 Å². The molecule has 3 rings (SSSR count). The predicted octanol–water partition coefficient (Wildman–Crippen LogP) is 0.997. The van der Waals surface area contributed by atoms with Gasteiger partial charge in [0.25, 0.3) is 5.56 Å². The number of hydrogen-bond acceptors (Lipinski definition) is 5. The summed E-state index contributed by atoms with van der Waals surface area (Å²) in [6.07, 6.45) is 1.08. The standard InChI is InChI=1S/C18H21N3O4/c1-11-8-16(22)21-15(20-11)6-7-19-18(23)13-9-12-4-3-5-14(24-2)17(12)25-10-13/h3-5,8,13H,6-7,9-10H2,1-2H3,(H,19,23)(H,20,21,22)/t13-/m1/s1. The second-order valence-electron chi connectivity index (χ2n) is 6.04. The molecule has 1 amide bonds. The molecule has 1 aromatic heterocycles. The van der Waals surface area contributed by atoms with E-state index in [4.69, 9.17) is 9.47 Å². The number of rotatable bonds is 5. The summed E-state index contributed by atoms with van der Waals surface area (Å²) in [5.41, 5.74) is 1.45. The molecule has 0 saturated carbocycles. The Morgan fingerprint density at radius 3 is 3.08 bits per heavy atom. The Balaban J connectivity index is 1.56. The number of nitrogens with one attached hydrogen (secondary N) is 2. The van der Waals surface area contributed by atoms with E-state index in [0.717, 1.165) is 11.3 Å². The van der Waals surface area contributed by atoms with Gasteiger partial charge in [-0.05, 0) is 25.0 Å². The Kier molecular flexibility index (Phi) is 5.02. The molecular weight excluding hydrogens is 322 g/mol. The molecule has 0 aliphatic carbocycles. The minimum atomic E-state index is -0.246. The summed E-state index contributed by atoms with van der Waals surface area (Å²) in [6.45, 7) is 2.49. The zero-order chi connectivity index (χ0) is 17.8. The third-order valence-electron chi connectivity index (χ3n) is 4.13. The van der Waals surface area contributed by atoms with E-state index in [1.165, 1.54) is 6.07 Å². The van der Waals surface area contributed by atoms with Gasteiger partial charge in [-0.1, -0.05) is 12.1 Å². The summed E-state index contributed by atoms with van der Waals surface area (Å²) in [5.74, 6) is 1.66. The van der Waals surface area contributed by atoms with Gasteiger partial charge in [0.1, 0.15) is 12.4 Å². The molecule has 7 nitrogen and oxygen atoms in total. The average molecular weight is 343 g/mol. The number of ether oxygens (including phenoxy) is 2. The molecule has 1 aliphatic rings. The number of amides is 1. The number of aryl methyl sites for hydroxylation is 1. The molecule has 0 fully saturated rings. The first-order valence-electron chi connectivity index (χ1n) is 8.20. The number of fused-ring (bicyclic) bond motifs is 1. The minimum absolute atomic E-state index is 0.0662. The summed E-state index contributed by atoms with van der Waals surface area (Å²) < 4.78 is 11.0. The smallest absolute Gasteiger partial charge is 0.251 e. The molecule has 0 radical (unpaired) electrons. The van der Waals surface area contributed by atoms with Crippen LogP contribution in [0.15, 0.2) is 29.1 Å². The van der Waals surface area contributed by atoms with Crippen LogP contribution in [0.4, 0.5) is 0 Å². The lowest BCUT2D eigenvalue weighted by Gasteiger charge is -2.25. The van der Waals surface area contributed by atoms with Crippen molar-refractivity contribution in [3.8, 4) is 11.5 Å². The molecular formula is C18H21N3O4. The third kappa shape index (κ3) is 3.99. The van der Waals surface area contributed by atoms with E-state index in [1.54, 1.807) is 14.0 Å². The summed E-state index contributed by atoms with van der Waals surface area (Å²) in [7, 11) is 1.60. The summed E-state index contributed by atoms with van der Waals surface area (Å²) in [5, 5.41) is 2.89. The van der Waals surface area contributed by atoms with Gasteiger partial charge in [0.2, 0.25) is 5.91 Å². The summed E-state index contributed by atoms with van der Waals surface area (Å²) >= 11 is 0.